The first-order valence-electron chi connectivity index (χ1n) is 7.74. The standard InChI is InChI=1S/C19H20N2O2/c1-15-12-17(20-10-9-16-6-3-2-4-7-16)13-19(22)21(15)14-18-8-5-11-23-18/h2-8,11-13,20H,9-10,14H2,1H3. The van der Waals surface area contributed by atoms with Crippen LogP contribution in [-0.4, -0.2) is 11.1 Å². The molecule has 0 fully saturated rings. The number of nitrogens with zero attached hydrogens (tertiary/aromatic N) is 1. The van der Waals surface area contributed by atoms with Crippen LogP contribution in [0.25, 0.3) is 0 Å². The highest BCUT2D eigenvalue weighted by Gasteiger charge is 2.06. The second-order valence-corrected chi connectivity index (χ2v) is 5.55. The monoisotopic (exact) mass is 308 g/mol. The summed E-state index contributed by atoms with van der Waals surface area (Å²) >= 11 is 0. The van der Waals surface area contributed by atoms with Crippen molar-refractivity contribution in [1.82, 2.24) is 4.57 Å². The fourth-order valence-corrected chi connectivity index (χ4v) is 2.59. The minimum Gasteiger partial charge on any atom is -0.467 e. The van der Waals surface area contributed by atoms with E-state index < -0.39 is 0 Å². The van der Waals surface area contributed by atoms with Gasteiger partial charge in [-0.2, -0.15) is 0 Å². The van der Waals surface area contributed by atoms with E-state index >= 15 is 0 Å². The Balaban J connectivity index is 1.66. The molecule has 118 valence electrons. The molecule has 0 bridgehead atoms. The van der Waals surface area contributed by atoms with Crippen LogP contribution in [0.1, 0.15) is 17.0 Å². The molecular weight excluding hydrogens is 288 g/mol. The summed E-state index contributed by atoms with van der Waals surface area (Å²) in [6.07, 6.45) is 2.55. The highest BCUT2D eigenvalue weighted by molar-refractivity contribution is 5.43. The Morgan fingerprint density at radius 2 is 1.91 bits per heavy atom. The molecule has 0 saturated carbocycles. The molecule has 4 heteroatoms. The molecule has 23 heavy (non-hydrogen) atoms. The largest absolute Gasteiger partial charge is 0.467 e. The molecule has 3 aromatic rings. The second kappa shape index (κ2) is 7.01. The summed E-state index contributed by atoms with van der Waals surface area (Å²) in [5.74, 6) is 0.778. The van der Waals surface area contributed by atoms with Gasteiger partial charge in [-0.3, -0.25) is 4.79 Å². The summed E-state index contributed by atoms with van der Waals surface area (Å²) < 4.78 is 7.03. The van der Waals surface area contributed by atoms with Gasteiger partial charge in [0.25, 0.3) is 5.56 Å². The van der Waals surface area contributed by atoms with Gasteiger partial charge < -0.3 is 14.3 Å². The lowest BCUT2D eigenvalue weighted by atomic mass is 10.1. The van der Waals surface area contributed by atoms with Crippen molar-refractivity contribution in [2.75, 3.05) is 11.9 Å². The number of nitrogens with one attached hydrogen (secondary N) is 1. The maximum absolute atomic E-state index is 12.3. The minimum atomic E-state index is -0.0244. The van der Waals surface area contributed by atoms with Gasteiger partial charge in [0.1, 0.15) is 5.76 Å². The third-order valence-electron chi connectivity index (χ3n) is 3.81. The number of pyridine rings is 1. The molecule has 0 unspecified atom stereocenters. The van der Waals surface area contributed by atoms with Gasteiger partial charge in [0, 0.05) is 24.0 Å². The lowest BCUT2D eigenvalue weighted by Gasteiger charge is -2.12. The van der Waals surface area contributed by atoms with E-state index in [2.05, 4.69) is 17.4 Å². The van der Waals surface area contributed by atoms with Gasteiger partial charge in [-0.05, 0) is 37.1 Å². The first kappa shape index (κ1) is 15.2. The Kier molecular flexibility index (Phi) is 4.62. The van der Waals surface area contributed by atoms with Gasteiger partial charge in [0.05, 0.1) is 12.8 Å². The van der Waals surface area contributed by atoms with Crippen LogP contribution in [0, 0.1) is 6.92 Å². The topological polar surface area (TPSA) is 47.2 Å². The van der Waals surface area contributed by atoms with Crippen molar-refractivity contribution in [1.29, 1.82) is 0 Å². The summed E-state index contributed by atoms with van der Waals surface area (Å²) in [6, 6.07) is 17.6. The molecule has 1 N–H and O–H groups in total. The lowest BCUT2D eigenvalue weighted by molar-refractivity contribution is 0.487. The third kappa shape index (κ3) is 3.92. The average molecular weight is 308 g/mol. The normalized spacial score (nSPS) is 10.7. The van der Waals surface area contributed by atoms with Crippen molar-refractivity contribution in [3.05, 3.63) is 88.2 Å². The molecule has 0 aliphatic carbocycles. The minimum absolute atomic E-state index is 0.0244. The first-order valence-corrected chi connectivity index (χ1v) is 7.74. The summed E-state index contributed by atoms with van der Waals surface area (Å²) in [4.78, 5) is 12.3. The lowest BCUT2D eigenvalue weighted by Crippen LogP contribution is -2.23. The summed E-state index contributed by atoms with van der Waals surface area (Å²) in [5, 5.41) is 3.32. The van der Waals surface area contributed by atoms with Crippen LogP contribution < -0.4 is 10.9 Å². The van der Waals surface area contributed by atoms with Gasteiger partial charge in [-0.25, -0.2) is 0 Å². The molecule has 0 atom stereocenters. The van der Waals surface area contributed by atoms with Gasteiger partial charge in [-0.15, -0.1) is 0 Å². The molecule has 0 radical (unpaired) electrons. The molecule has 2 heterocycles. The molecular formula is C19H20N2O2. The molecule has 4 nitrogen and oxygen atoms in total. The maximum Gasteiger partial charge on any atom is 0.253 e. The van der Waals surface area contributed by atoms with Crippen LogP contribution in [-0.2, 0) is 13.0 Å². The number of hydrogen-bond acceptors (Lipinski definition) is 3. The predicted molar refractivity (Wildman–Crippen MR) is 91.9 cm³/mol. The van der Waals surface area contributed by atoms with E-state index in [1.807, 2.05) is 43.3 Å². The highest BCUT2D eigenvalue weighted by atomic mass is 16.3. The SMILES string of the molecule is Cc1cc(NCCc2ccccc2)cc(=O)n1Cc1ccco1. The number of anilines is 1. The van der Waals surface area contributed by atoms with E-state index in [-0.39, 0.29) is 5.56 Å². The Labute approximate surface area is 135 Å². The Bertz CT molecular complexity index is 805. The van der Waals surface area contributed by atoms with Gasteiger partial charge in [0.15, 0.2) is 0 Å². The van der Waals surface area contributed by atoms with Gasteiger partial charge >= 0.3 is 0 Å². The zero-order chi connectivity index (χ0) is 16.1. The summed E-state index contributed by atoms with van der Waals surface area (Å²) in [7, 11) is 0. The highest BCUT2D eigenvalue weighted by Crippen LogP contribution is 2.10. The van der Waals surface area contributed by atoms with E-state index in [0.717, 1.165) is 30.1 Å². The van der Waals surface area contributed by atoms with Gasteiger partial charge in [-0.1, -0.05) is 30.3 Å². The van der Waals surface area contributed by atoms with Gasteiger partial charge in [0.2, 0.25) is 0 Å². The van der Waals surface area contributed by atoms with Crippen LogP contribution in [0.2, 0.25) is 0 Å². The summed E-state index contributed by atoms with van der Waals surface area (Å²) in [6.45, 7) is 3.19. The van der Waals surface area contributed by atoms with E-state index in [4.69, 9.17) is 4.42 Å². The number of hydrogen-bond donors (Lipinski definition) is 1. The molecule has 0 saturated heterocycles. The molecule has 3 rings (SSSR count). The van der Waals surface area contributed by atoms with E-state index in [0.29, 0.717) is 6.54 Å². The number of aryl methyl sites for hydroxylation is 1. The van der Waals surface area contributed by atoms with E-state index in [1.165, 1.54) is 5.56 Å². The van der Waals surface area contributed by atoms with Crippen LogP contribution in [0.4, 0.5) is 5.69 Å². The van der Waals surface area contributed by atoms with Crippen LogP contribution in [0.15, 0.2) is 70.1 Å². The third-order valence-corrected chi connectivity index (χ3v) is 3.81. The molecule has 2 aromatic heterocycles. The van der Waals surface area contributed by atoms with Crippen molar-refractivity contribution < 1.29 is 4.42 Å². The second-order valence-electron chi connectivity index (χ2n) is 5.55. The average Bonchev–Trinajstić information content (AvgIpc) is 3.05. The van der Waals surface area contributed by atoms with E-state index in [1.54, 1.807) is 16.9 Å². The molecule has 0 aliphatic rings. The fraction of sp³-hybridized carbons (Fsp3) is 0.211. The number of rotatable bonds is 6. The van der Waals surface area contributed by atoms with Crippen LogP contribution in [0.5, 0.6) is 0 Å². The smallest absolute Gasteiger partial charge is 0.253 e. The number of benzene rings is 1. The van der Waals surface area contributed by atoms with Crippen molar-refractivity contribution >= 4 is 5.69 Å². The van der Waals surface area contributed by atoms with Crippen molar-refractivity contribution in [3.63, 3.8) is 0 Å². The van der Waals surface area contributed by atoms with Crippen molar-refractivity contribution in [3.8, 4) is 0 Å². The predicted octanol–water partition coefficient (Wildman–Crippen LogP) is 3.45. The summed E-state index contributed by atoms with van der Waals surface area (Å²) in [5.41, 5.74) is 3.03. The fourth-order valence-electron chi connectivity index (χ4n) is 2.59. The molecule has 1 aromatic carbocycles. The number of furan rings is 1. The molecule has 0 amide bonds. The van der Waals surface area contributed by atoms with Crippen LogP contribution in [0.3, 0.4) is 0 Å². The van der Waals surface area contributed by atoms with Crippen LogP contribution >= 0.6 is 0 Å². The maximum atomic E-state index is 12.3. The number of aromatic nitrogens is 1. The van der Waals surface area contributed by atoms with Crippen molar-refractivity contribution in [2.24, 2.45) is 0 Å². The van der Waals surface area contributed by atoms with E-state index in [9.17, 15) is 4.79 Å². The van der Waals surface area contributed by atoms with Crippen molar-refractivity contribution in [2.45, 2.75) is 19.9 Å². The Morgan fingerprint density at radius 1 is 1.09 bits per heavy atom. The zero-order valence-corrected chi connectivity index (χ0v) is 13.2. The first-order chi connectivity index (χ1) is 11.2. The molecule has 0 spiro atoms. The Morgan fingerprint density at radius 3 is 2.61 bits per heavy atom. The zero-order valence-electron chi connectivity index (χ0n) is 13.2. The Hall–Kier alpha value is -2.75. The molecule has 0 aliphatic heterocycles. The quantitative estimate of drug-likeness (QED) is 0.758.